The lowest BCUT2D eigenvalue weighted by atomic mass is 9.95. The molecule has 2 rings (SSSR count). The summed E-state index contributed by atoms with van der Waals surface area (Å²) in [7, 11) is 1.75. The van der Waals surface area contributed by atoms with Crippen molar-refractivity contribution in [1.29, 1.82) is 0 Å². The number of ether oxygens (including phenoxy) is 2. The maximum Gasteiger partial charge on any atom is 0.124 e. The molecule has 0 aromatic heterocycles. The molecule has 1 aromatic rings. The molecule has 0 aliphatic carbocycles. The van der Waals surface area contributed by atoms with Crippen LogP contribution in [0.3, 0.4) is 0 Å². The minimum absolute atomic E-state index is 0.144. The van der Waals surface area contributed by atoms with Gasteiger partial charge in [-0.2, -0.15) is 0 Å². The molecule has 0 bridgehead atoms. The largest absolute Gasteiger partial charge is 0.494 e. The predicted octanol–water partition coefficient (Wildman–Crippen LogP) is 2.59. The fourth-order valence-electron chi connectivity index (χ4n) is 3.16. The van der Waals surface area contributed by atoms with E-state index in [1.54, 1.807) is 7.11 Å². The predicted molar refractivity (Wildman–Crippen MR) is 85.6 cm³/mol. The molecule has 1 heterocycles. The summed E-state index contributed by atoms with van der Waals surface area (Å²) in [6.07, 6.45) is 3.46. The van der Waals surface area contributed by atoms with E-state index >= 15 is 0 Å². The first-order valence-corrected chi connectivity index (χ1v) is 7.98. The standard InChI is InChI=1S/C17H28N2O2/c1-3-21-16-10-5-4-8-14(16)17-15(18)9-6-7-11-19(17)12-13-20-2/h4-5,8,10,15,17H,3,6-7,9,11-13,18H2,1-2H3. The van der Waals surface area contributed by atoms with Gasteiger partial charge in [-0.1, -0.05) is 24.6 Å². The Hall–Kier alpha value is -1.10. The van der Waals surface area contributed by atoms with E-state index in [0.29, 0.717) is 6.61 Å². The average Bonchev–Trinajstić information content (AvgIpc) is 2.68. The van der Waals surface area contributed by atoms with Crippen molar-refractivity contribution in [1.82, 2.24) is 4.90 Å². The van der Waals surface area contributed by atoms with E-state index in [-0.39, 0.29) is 12.1 Å². The van der Waals surface area contributed by atoms with Crippen LogP contribution in [0.2, 0.25) is 0 Å². The Morgan fingerprint density at radius 2 is 2.10 bits per heavy atom. The molecule has 1 aliphatic heterocycles. The summed E-state index contributed by atoms with van der Waals surface area (Å²) in [6.45, 7) is 5.42. The van der Waals surface area contributed by atoms with E-state index in [2.05, 4.69) is 17.0 Å². The van der Waals surface area contributed by atoms with Gasteiger partial charge in [-0.25, -0.2) is 0 Å². The first-order chi connectivity index (χ1) is 10.3. The fourth-order valence-corrected chi connectivity index (χ4v) is 3.16. The quantitative estimate of drug-likeness (QED) is 0.875. The third kappa shape index (κ3) is 4.19. The topological polar surface area (TPSA) is 47.7 Å². The van der Waals surface area contributed by atoms with Crippen LogP contribution in [0.4, 0.5) is 0 Å². The van der Waals surface area contributed by atoms with Crippen molar-refractivity contribution < 1.29 is 9.47 Å². The van der Waals surface area contributed by atoms with Gasteiger partial charge in [0.15, 0.2) is 0 Å². The molecule has 0 radical (unpaired) electrons. The van der Waals surface area contributed by atoms with Crippen LogP contribution in [-0.2, 0) is 4.74 Å². The number of hydrogen-bond acceptors (Lipinski definition) is 4. The number of benzene rings is 1. The number of hydrogen-bond donors (Lipinski definition) is 1. The van der Waals surface area contributed by atoms with Gasteiger partial charge in [-0.05, 0) is 32.4 Å². The monoisotopic (exact) mass is 292 g/mol. The number of para-hydroxylation sites is 1. The van der Waals surface area contributed by atoms with Crippen molar-refractivity contribution in [3.63, 3.8) is 0 Å². The third-order valence-electron chi connectivity index (χ3n) is 4.15. The lowest BCUT2D eigenvalue weighted by molar-refractivity contribution is 0.113. The molecule has 2 atom stereocenters. The highest BCUT2D eigenvalue weighted by Gasteiger charge is 2.30. The van der Waals surface area contributed by atoms with Crippen LogP contribution in [0.5, 0.6) is 5.75 Å². The highest BCUT2D eigenvalue weighted by atomic mass is 16.5. The molecular weight excluding hydrogens is 264 g/mol. The van der Waals surface area contributed by atoms with E-state index in [1.807, 2.05) is 19.1 Å². The first kappa shape index (κ1) is 16.3. The molecular formula is C17H28N2O2. The summed E-state index contributed by atoms with van der Waals surface area (Å²) in [5.41, 5.74) is 7.71. The number of nitrogens with zero attached hydrogens (tertiary/aromatic N) is 1. The van der Waals surface area contributed by atoms with Crippen LogP contribution >= 0.6 is 0 Å². The van der Waals surface area contributed by atoms with Crippen LogP contribution in [-0.4, -0.2) is 44.4 Å². The van der Waals surface area contributed by atoms with Gasteiger partial charge in [-0.15, -0.1) is 0 Å². The molecule has 1 saturated heterocycles. The lowest BCUT2D eigenvalue weighted by Gasteiger charge is -2.34. The zero-order chi connectivity index (χ0) is 15.1. The summed E-state index contributed by atoms with van der Waals surface area (Å²) < 4.78 is 11.1. The molecule has 2 N–H and O–H groups in total. The van der Waals surface area contributed by atoms with Crippen LogP contribution in [0.25, 0.3) is 0 Å². The molecule has 4 nitrogen and oxygen atoms in total. The summed E-state index contributed by atoms with van der Waals surface area (Å²) in [6, 6.07) is 8.66. The normalized spacial score (nSPS) is 23.8. The molecule has 118 valence electrons. The Kier molecular flexibility index (Phi) is 6.49. The van der Waals surface area contributed by atoms with Gasteiger partial charge >= 0.3 is 0 Å². The smallest absolute Gasteiger partial charge is 0.124 e. The number of nitrogens with two attached hydrogens (primary N) is 1. The Bertz CT molecular complexity index is 425. The second-order valence-electron chi connectivity index (χ2n) is 5.60. The van der Waals surface area contributed by atoms with Crippen molar-refractivity contribution in [3.8, 4) is 5.75 Å². The van der Waals surface area contributed by atoms with Crippen molar-refractivity contribution in [3.05, 3.63) is 29.8 Å². The van der Waals surface area contributed by atoms with Crippen molar-refractivity contribution in [2.45, 2.75) is 38.3 Å². The second-order valence-corrected chi connectivity index (χ2v) is 5.60. The highest BCUT2D eigenvalue weighted by molar-refractivity contribution is 5.37. The van der Waals surface area contributed by atoms with E-state index in [4.69, 9.17) is 15.2 Å². The molecule has 1 fully saturated rings. The molecule has 0 amide bonds. The molecule has 21 heavy (non-hydrogen) atoms. The molecule has 0 saturated carbocycles. The molecule has 0 spiro atoms. The van der Waals surface area contributed by atoms with Gasteiger partial charge in [-0.3, -0.25) is 4.90 Å². The Morgan fingerprint density at radius 3 is 2.86 bits per heavy atom. The van der Waals surface area contributed by atoms with Crippen molar-refractivity contribution in [2.24, 2.45) is 5.73 Å². The molecule has 4 heteroatoms. The first-order valence-electron chi connectivity index (χ1n) is 7.98. The van der Waals surface area contributed by atoms with Crippen LogP contribution in [0, 0.1) is 0 Å². The average molecular weight is 292 g/mol. The van der Waals surface area contributed by atoms with Gasteiger partial charge in [0, 0.05) is 25.3 Å². The molecule has 1 aliphatic rings. The van der Waals surface area contributed by atoms with E-state index < -0.39 is 0 Å². The van der Waals surface area contributed by atoms with Gasteiger partial charge < -0.3 is 15.2 Å². The summed E-state index contributed by atoms with van der Waals surface area (Å²) in [5.74, 6) is 0.963. The Labute approximate surface area is 128 Å². The number of methoxy groups -OCH3 is 1. The van der Waals surface area contributed by atoms with Crippen LogP contribution < -0.4 is 10.5 Å². The fraction of sp³-hybridized carbons (Fsp3) is 0.647. The lowest BCUT2D eigenvalue weighted by Crippen LogP contribution is -2.41. The van der Waals surface area contributed by atoms with E-state index in [1.165, 1.54) is 18.4 Å². The van der Waals surface area contributed by atoms with Gasteiger partial charge in [0.2, 0.25) is 0 Å². The summed E-state index contributed by atoms with van der Waals surface area (Å²) in [5, 5.41) is 0. The van der Waals surface area contributed by atoms with Gasteiger partial charge in [0.1, 0.15) is 5.75 Å². The van der Waals surface area contributed by atoms with Crippen molar-refractivity contribution >= 4 is 0 Å². The number of rotatable bonds is 6. The SMILES string of the molecule is CCOc1ccccc1C1C(N)CCCCN1CCOC. The Morgan fingerprint density at radius 1 is 1.29 bits per heavy atom. The third-order valence-corrected chi connectivity index (χ3v) is 4.15. The minimum atomic E-state index is 0.144. The van der Waals surface area contributed by atoms with Crippen LogP contribution in [0.1, 0.15) is 37.8 Å². The second kappa shape index (κ2) is 8.37. The maximum atomic E-state index is 6.50. The zero-order valence-corrected chi connectivity index (χ0v) is 13.3. The summed E-state index contributed by atoms with van der Waals surface area (Å²) >= 11 is 0. The zero-order valence-electron chi connectivity index (χ0n) is 13.3. The maximum absolute atomic E-state index is 6.50. The van der Waals surface area contributed by atoms with Crippen molar-refractivity contribution in [2.75, 3.05) is 33.4 Å². The number of likely N-dealkylation sites (tertiary alicyclic amines) is 1. The van der Waals surface area contributed by atoms with Gasteiger partial charge in [0.05, 0.1) is 19.3 Å². The van der Waals surface area contributed by atoms with Gasteiger partial charge in [0.25, 0.3) is 0 Å². The molecule has 2 unspecified atom stereocenters. The molecule has 1 aromatic carbocycles. The van der Waals surface area contributed by atoms with Crippen LogP contribution in [0.15, 0.2) is 24.3 Å². The highest BCUT2D eigenvalue weighted by Crippen LogP contribution is 2.34. The van der Waals surface area contributed by atoms with E-state index in [9.17, 15) is 0 Å². The Balaban J connectivity index is 2.29. The minimum Gasteiger partial charge on any atom is -0.494 e. The van der Waals surface area contributed by atoms with E-state index in [0.717, 1.165) is 31.9 Å². The summed E-state index contributed by atoms with van der Waals surface area (Å²) in [4.78, 5) is 2.46.